The molecule has 1 heterocycles. The normalized spacial score (nSPS) is 12.0. The molecule has 0 fully saturated rings. The molecule has 3 rings (SSSR count). The molecule has 128 valence electrons. The summed E-state index contributed by atoms with van der Waals surface area (Å²) in [4.78, 5) is 12.7. The predicted octanol–water partition coefficient (Wildman–Crippen LogP) is 5.09. The van der Waals surface area contributed by atoms with E-state index >= 15 is 0 Å². The lowest BCUT2D eigenvalue weighted by molar-refractivity contribution is -0.117. The third-order valence-corrected chi connectivity index (χ3v) is 4.42. The topological polar surface area (TPSA) is 55.1 Å². The molecule has 25 heavy (non-hydrogen) atoms. The van der Waals surface area contributed by atoms with Crippen molar-refractivity contribution < 1.29 is 9.32 Å². The second-order valence-corrected chi connectivity index (χ2v) is 6.13. The smallest absolute Gasteiger partial charge is 0.232 e. The molecular formula is C21H22N2O2. The molecule has 0 bridgehead atoms. The van der Waals surface area contributed by atoms with Crippen molar-refractivity contribution in [3.05, 3.63) is 71.6 Å². The zero-order chi connectivity index (χ0) is 17.8. The Morgan fingerprint density at radius 2 is 1.68 bits per heavy atom. The number of benzene rings is 2. The maximum Gasteiger partial charge on any atom is 0.232 e. The first-order chi connectivity index (χ1) is 12.1. The minimum absolute atomic E-state index is 0.0376. The Hall–Kier alpha value is -2.88. The molecule has 0 spiro atoms. The van der Waals surface area contributed by atoms with Crippen LogP contribution in [0.15, 0.2) is 59.1 Å². The molecule has 3 aromatic rings. The molecule has 2 aromatic carbocycles. The number of amides is 1. The lowest BCUT2D eigenvalue weighted by Gasteiger charge is -2.15. The molecular weight excluding hydrogens is 312 g/mol. The fraction of sp³-hybridized carbons (Fsp3) is 0.238. The first-order valence-corrected chi connectivity index (χ1v) is 8.49. The van der Waals surface area contributed by atoms with Crippen LogP contribution in [0.2, 0.25) is 0 Å². The van der Waals surface area contributed by atoms with Crippen LogP contribution in [0.4, 0.5) is 5.69 Å². The number of nitrogens with one attached hydrogen (secondary N) is 1. The molecule has 0 saturated carbocycles. The molecule has 0 aliphatic rings. The summed E-state index contributed by atoms with van der Waals surface area (Å²) >= 11 is 0. The van der Waals surface area contributed by atoms with Crippen LogP contribution in [0.25, 0.3) is 11.1 Å². The number of carbonyl (C=O) groups excluding carboxylic acids is 1. The van der Waals surface area contributed by atoms with Gasteiger partial charge in [0, 0.05) is 11.3 Å². The summed E-state index contributed by atoms with van der Waals surface area (Å²) < 4.78 is 5.21. The molecule has 4 heteroatoms. The highest BCUT2D eigenvalue weighted by Gasteiger charge is 2.25. The third-order valence-electron chi connectivity index (χ3n) is 4.42. The molecule has 0 aliphatic heterocycles. The maximum atomic E-state index is 12.7. The predicted molar refractivity (Wildman–Crippen MR) is 99.5 cm³/mol. The number of hydrogen-bond donors (Lipinski definition) is 1. The van der Waals surface area contributed by atoms with Crippen molar-refractivity contribution in [2.45, 2.75) is 33.1 Å². The molecule has 1 amide bonds. The molecule has 0 radical (unpaired) electrons. The summed E-state index contributed by atoms with van der Waals surface area (Å²) in [5, 5.41) is 6.97. The van der Waals surface area contributed by atoms with Gasteiger partial charge in [-0.15, -0.1) is 0 Å². The lowest BCUT2D eigenvalue weighted by Crippen LogP contribution is -2.21. The van der Waals surface area contributed by atoms with E-state index in [4.69, 9.17) is 4.52 Å². The summed E-state index contributed by atoms with van der Waals surface area (Å²) in [6.07, 6.45) is 0.691. The zero-order valence-electron chi connectivity index (χ0n) is 14.7. The van der Waals surface area contributed by atoms with Crippen LogP contribution in [-0.4, -0.2) is 11.1 Å². The Morgan fingerprint density at radius 3 is 2.24 bits per heavy atom. The Kier molecular flexibility index (Phi) is 4.98. The van der Waals surface area contributed by atoms with Crippen molar-refractivity contribution in [3.8, 4) is 11.1 Å². The molecule has 1 unspecified atom stereocenters. The van der Waals surface area contributed by atoms with Crippen LogP contribution in [0, 0.1) is 13.8 Å². The van der Waals surface area contributed by atoms with E-state index in [-0.39, 0.29) is 11.8 Å². The Labute approximate surface area is 147 Å². The summed E-state index contributed by atoms with van der Waals surface area (Å²) in [6.45, 7) is 5.71. The van der Waals surface area contributed by atoms with E-state index < -0.39 is 0 Å². The van der Waals surface area contributed by atoms with Crippen LogP contribution in [0.5, 0.6) is 0 Å². The number of nitrogens with zero attached hydrogens (tertiary/aromatic N) is 1. The van der Waals surface area contributed by atoms with E-state index in [1.54, 1.807) is 0 Å². The number of rotatable bonds is 5. The van der Waals surface area contributed by atoms with Crippen molar-refractivity contribution in [3.63, 3.8) is 0 Å². The fourth-order valence-electron chi connectivity index (χ4n) is 3.11. The van der Waals surface area contributed by atoms with Crippen LogP contribution in [0.3, 0.4) is 0 Å². The van der Waals surface area contributed by atoms with Gasteiger partial charge in [0.2, 0.25) is 5.91 Å². The highest BCUT2D eigenvalue weighted by molar-refractivity contribution is 5.96. The van der Waals surface area contributed by atoms with E-state index in [0.29, 0.717) is 12.2 Å². The van der Waals surface area contributed by atoms with Gasteiger partial charge in [0.25, 0.3) is 0 Å². The summed E-state index contributed by atoms with van der Waals surface area (Å²) in [5.41, 5.74) is 4.73. The van der Waals surface area contributed by atoms with Crippen molar-refractivity contribution in [1.29, 1.82) is 0 Å². The van der Waals surface area contributed by atoms with Gasteiger partial charge in [0.1, 0.15) is 5.76 Å². The first kappa shape index (κ1) is 17.0. The standard InChI is InChI=1S/C21H22N2O2/c1-4-19(20-14(2)23-25-15(20)3)21(24)22-18-12-10-17(11-13-18)16-8-6-5-7-9-16/h5-13,19H,4H2,1-3H3,(H,22,24). The fourth-order valence-corrected chi connectivity index (χ4v) is 3.11. The van der Waals surface area contributed by atoms with E-state index in [1.165, 1.54) is 0 Å². The molecule has 0 saturated heterocycles. The Morgan fingerprint density at radius 1 is 1.04 bits per heavy atom. The SMILES string of the molecule is CCC(C(=O)Nc1ccc(-c2ccccc2)cc1)c1c(C)noc1C. The van der Waals surface area contributed by atoms with Gasteiger partial charge >= 0.3 is 0 Å². The average Bonchev–Trinajstić information content (AvgIpc) is 2.96. The Balaban J connectivity index is 1.76. The molecule has 1 N–H and O–H groups in total. The summed E-state index contributed by atoms with van der Waals surface area (Å²) in [6, 6.07) is 18.1. The van der Waals surface area contributed by atoms with Crippen LogP contribution < -0.4 is 5.32 Å². The second-order valence-electron chi connectivity index (χ2n) is 6.13. The highest BCUT2D eigenvalue weighted by atomic mass is 16.5. The van der Waals surface area contributed by atoms with Gasteiger partial charge in [0.15, 0.2) is 0 Å². The van der Waals surface area contributed by atoms with E-state index in [9.17, 15) is 4.79 Å². The molecule has 1 aromatic heterocycles. The van der Waals surface area contributed by atoms with Gasteiger partial charge in [-0.2, -0.15) is 0 Å². The Bertz CT molecular complexity index is 832. The second kappa shape index (κ2) is 7.34. The van der Waals surface area contributed by atoms with Gasteiger partial charge in [-0.1, -0.05) is 54.5 Å². The quantitative estimate of drug-likeness (QED) is 0.707. The highest BCUT2D eigenvalue weighted by Crippen LogP contribution is 2.28. The molecule has 0 aliphatic carbocycles. The summed E-state index contributed by atoms with van der Waals surface area (Å²) in [7, 11) is 0. The molecule has 1 atom stereocenters. The zero-order valence-corrected chi connectivity index (χ0v) is 14.7. The number of anilines is 1. The minimum Gasteiger partial charge on any atom is -0.361 e. The number of aromatic nitrogens is 1. The van der Waals surface area contributed by atoms with Crippen molar-refractivity contribution in [2.24, 2.45) is 0 Å². The minimum atomic E-state index is -0.264. The molecule has 4 nitrogen and oxygen atoms in total. The largest absolute Gasteiger partial charge is 0.361 e. The maximum absolute atomic E-state index is 12.7. The van der Waals surface area contributed by atoms with Crippen LogP contribution in [-0.2, 0) is 4.79 Å². The number of hydrogen-bond acceptors (Lipinski definition) is 3. The van der Waals surface area contributed by atoms with Gasteiger partial charge in [-0.25, -0.2) is 0 Å². The first-order valence-electron chi connectivity index (χ1n) is 8.49. The van der Waals surface area contributed by atoms with E-state index in [2.05, 4.69) is 22.6 Å². The van der Waals surface area contributed by atoms with Gasteiger partial charge < -0.3 is 9.84 Å². The monoisotopic (exact) mass is 334 g/mol. The third kappa shape index (κ3) is 3.63. The number of aryl methyl sites for hydroxylation is 2. The van der Waals surface area contributed by atoms with E-state index in [1.807, 2.05) is 63.2 Å². The number of carbonyl (C=O) groups is 1. The van der Waals surface area contributed by atoms with Crippen molar-refractivity contribution in [2.75, 3.05) is 5.32 Å². The van der Waals surface area contributed by atoms with E-state index in [0.717, 1.165) is 28.1 Å². The van der Waals surface area contributed by atoms with Crippen molar-refractivity contribution >= 4 is 11.6 Å². The van der Waals surface area contributed by atoms with Crippen LogP contribution in [0.1, 0.15) is 36.3 Å². The summed E-state index contributed by atoms with van der Waals surface area (Å²) in [5.74, 6) is 0.406. The van der Waals surface area contributed by atoms with Crippen LogP contribution >= 0.6 is 0 Å². The lowest BCUT2D eigenvalue weighted by atomic mass is 9.94. The van der Waals surface area contributed by atoms with Gasteiger partial charge in [0.05, 0.1) is 11.6 Å². The van der Waals surface area contributed by atoms with Gasteiger partial charge in [-0.3, -0.25) is 4.79 Å². The van der Waals surface area contributed by atoms with Crippen molar-refractivity contribution in [1.82, 2.24) is 5.16 Å². The van der Waals surface area contributed by atoms with Gasteiger partial charge in [-0.05, 0) is 43.5 Å². The average molecular weight is 334 g/mol.